The number of para-hydroxylation sites is 1. The summed E-state index contributed by atoms with van der Waals surface area (Å²) in [5, 5.41) is 2.94. The second kappa shape index (κ2) is 5.64. The van der Waals surface area contributed by atoms with E-state index >= 15 is 0 Å². The molecule has 1 aromatic rings. The van der Waals surface area contributed by atoms with E-state index in [1.807, 2.05) is 24.3 Å². The molecule has 2 rings (SSSR count). The Morgan fingerprint density at radius 2 is 2.24 bits per heavy atom. The van der Waals surface area contributed by atoms with Crippen molar-refractivity contribution in [2.75, 3.05) is 5.32 Å². The van der Waals surface area contributed by atoms with Crippen molar-refractivity contribution >= 4 is 11.6 Å². The smallest absolute Gasteiger partial charge is 0.224 e. The van der Waals surface area contributed by atoms with E-state index in [4.69, 9.17) is 5.73 Å². The topological polar surface area (TPSA) is 55.1 Å². The lowest BCUT2D eigenvalue weighted by atomic mass is 10.0. The first-order valence-corrected chi connectivity index (χ1v) is 6.04. The Kier molecular flexibility index (Phi) is 3.94. The van der Waals surface area contributed by atoms with E-state index in [2.05, 4.69) is 17.5 Å². The van der Waals surface area contributed by atoms with Crippen LogP contribution in [0.2, 0.25) is 0 Å². The van der Waals surface area contributed by atoms with Gasteiger partial charge in [0.15, 0.2) is 0 Å². The van der Waals surface area contributed by atoms with E-state index in [0.29, 0.717) is 18.9 Å². The van der Waals surface area contributed by atoms with Gasteiger partial charge in [0, 0.05) is 18.7 Å². The van der Waals surface area contributed by atoms with Crippen molar-refractivity contribution in [1.82, 2.24) is 0 Å². The maximum Gasteiger partial charge on any atom is 0.224 e. The third kappa shape index (κ3) is 3.17. The third-order valence-electron chi connectivity index (χ3n) is 3.07. The zero-order valence-corrected chi connectivity index (χ0v) is 9.86. The molecular weight excluding hydrogens is 212 g/mol. The molecule has 1 aromatic carbocycles. The molecule has 1 aliphatic rings. The number of nitrogens with one attached hydrogen (secondary N) is 1. The van der Waals surface area contributed by atoms with Gasteiger partial charge in [-0.1, -0.05) is 30.4 Å². The number of benzene rings is 1. The number of rotatable bonds is 4. The average Bonchev–Trinajstić information content (AvgIpc) is 2.82. The standard InChI is InChI=1S/C14H18N2O/c15-10-12-7-3-4-8-13(12)16-14(17)9-11-5-1-2-6-11/h1,3-5,7-8,11H,2,6,9-10,15H2,(H,16,17). The van der Waals surface area contributed by atoms with Crippen LogP contribution in [0.3, 0.4) is 0 Å². The van der Waals surface area contributed by atoms with Crippen molar-refractivity contribution < 1.29 is 4.79 Å². The van der Waals surface area contributed by atoms with E-state index in [0.717, 1.165) is 24.1 Å². The lowest BCUT2D eigenvalue weighted by Gasteiger charge is -2.11. The van der Waals surface area contributed by atoms with Crippen molar-refractivity contribution in [2.24, 2.45) is 11.7 Å². The molecule has 90 valence electrons. The predicted octanol–water partition coefficient (Wildman–Crippen LogP) is 2.44. The normalized spacial score (nSPS) is 18.3. The van der Waals surface area contributed by atoms with Crippen LogP contribution in [0.5, 0.6) is 0 Å². The SMILES string of the molecule is NCc1ccccc1NC(=O)CC1C=CCC1. The number of hydrogen-bond donors (Lipinski definition) is 2. The van der Waals surface area contributed by atoms with Crippen LogP contribution >= 0.6 is 0 Å². The zero-order chi connectivity index (χ0) is 12.1. The van der Waals surface area contributed by atoms with Crippen LogP contribution in [0.1, 0.15) is 24.8 Å². The van der Waals surface area contributed by atoms with Crippen LogP contribution in [-0.2, 0) is 11.3 Å². The van der Waals surface area contributed by atoms with Gasteiger partial charge in [-0.15, -0.1) is 0 Å². The summed E-state index contributed by atoms with van der Waals surface area (Å²) < 4.78 is 0. The van der Waals surface area contributed by atoms with Gasteiger partial charge in [0.05, 0.1) is 0 Å². The molecule has 0 fully saturated rings. The maximum absolute atomic E-state index is 11.9. The molecular formula is C14H18N2O. The van der Waals surface area contributed by atoms with E-state index in [9.17, 15) is 4.79 Å². The zero-order valence-electron chi connectivity index (χ0n) is 9.86. The maximum atomic E-state index is 11.9. The van der Waals surface area contributed by atoms with Gasteiger partial charge in [-0.2, -0.15) is 0 Å². The molecule has 0 radical (unpaired) electrons. The lowest BCUT2D eigenvalue weighted by Crippen LogP contribution is -2.16. The highest BCUT2D eigenvalue weighted by Crippen LogP contribution is 2.21. The molecule has 1 unspecified atom stereocenters. The summed E-state index contributed by atoms with van der Waals surface area (Å²) in [6.45, 7) is 0.444. The third-order valence-corrected chi connectivity index (χ3v) is 3.07. The monoisotopic (exact) mass is 230 g/mol. The van der Waals surface area contributed by atoms with Crippen molar-refractivity contribution in [3.63, 3.8) is 0 Å². The first kappa shape index (κ1) is 11.9. The van der Waals surface area contributed by atoms with Crippen molar-refractivity contribution in [3.05, 3.63) is 42.0 Å². The molecule has 17 heavy (non-hydrogen) atoms. The van der Waals surface area contributed by atoms with Gasteiger partial charge in [-0.3, -0.25) is 4.79 Å². The summed E-state index contributed by atoms with van der Waals surface area (Å²) in [4.78, 5) is 11.9. The fraction of sp³-hybridized carbons (Fsp3) is 0.357. The molecule has 0 spiro atoms. The molecule has 0 aromatic heterocycles. The fourth-order valence-corrected chi connectivity index (χ4v) is 2.12. The predicted molar refractivity (Wildman–Crippen MR) is 69.4 cm³/mol. The molecule has 0 heterocycles. The Balaban J connectivity index is 1.95. The van der Waals surface area contributed by atoms with E-state index < -0.39 is 0 Å². The van der Waals surface area contributed by atoms with Crippen LogP contribution in [0.25, 0.3) is 0 Å². The van der Waals surface area contributed by atoms with Crippen molar-refractivity contribution in [2.45, 2.75) is 25.8 Å². The fourth-order valence-electron chi connectivity index (χ4n) is 2.12. The average molecular weight is 230 g/mol. The Hall–Kier alpha value is -1.61. The number of amides is 1. The molecule has 3 nitrogen and oxygen atoms in total. The molecule has 3 heteroatoms. The van der Waals surface area contributed by atoms with Crippen LogP contribution in [-0.4, -0.2) is 5.91 Å². The van der Waals surface area contributed by atoms with Gasteiger partial charge in [0.1, 0.15) is 0 Å². The van der Waals surface area contributed by atoms with Gasteiger partial charge < -0.3 is 11.1 Å². The molecule has 3 N–H and O–H groups in total. The summed E-state index contributed by atoms with van der Waals surface area (Å²) in [6, 6.07) is 7.66. The van der Waals surface area contributed by atoms with E-state index in [1.165, 1.54) is 0 Å². The number of hydrogen-bond acceptors (Lipinski definition) is 2. The molecule has 0 saturated carbocycles. The van der Waals surface area contributed by atoms with Gasteiger partial charge in [0.25, 0.3) is 0 Å². The first-order chi connectivity index (χ1) is 8.29. The quantitative estimate of drug-likeness (QED) is 0.780. The summed E-state index contributed by atoms with van der Waals surface area (Å²) in [7, 11) is 0. The summed E-state index contributed by atoms with van der Waals surface area (Å²) >= 11 is 0. The van der Waals surface area contributed by atoms with E-state index in [1.54, 1.807) is 0 Å². The number of carbonyl (C=O) groups excluding carboxylic acids is 1. The molecule has 0 saturated heterocycles. The van der Waals surface area contributed by atoms with Crippen molar-refractivity contribution in [1.29, 1.82) is 0 Å². The highest BCUT2D eigenvalue weighted by Gasteiger charge is 2.14. The summed E-state index contributed by atoms with van der Waals surface area (Å²) in [5.41, 5.74) is 7.44. The Morgan fingerprint density at radius 3 is 2.94 bits per heavy atom. The highest BCUT2D eigenvalue weighted by atomic mass is 16.1. The van der Waals surface area contributed by atoms with Gasteiger partial charge in [-0.05, 0) is 30.4 Å². The molecule has 1 atom stereocenters. The van der Waals surface area contributed by atoms with Crippen LogP contribution in [0, 0.1) is 5.92 Å². The number of allylic oxidation sites excluding steroid dienone is 2. The summed E-state index contributed by atoms with van der Waals surface area (Å²) in [5.74, 6) is 0.475. The highest BCUT2D eigenvalue weighted by molar-refractivity contribution is 5.91. The number of carbonyl (C=O) groups is 1. The lowest BCUT2D eigenvalue weighted by molar-refractivity contribution is -0.116. The largest absolute Gasteiger partial charge is 0.326 e. The first-order valence-electron chi connectivity index (χ1n) is 6.04. The summed E-state index contributed by atoms with van der Waals surface area (Å²) in [6.07, 6.45) is 7.03. The number of anilines is 1. The second-order valence-corrected chi connectivity index (χ2v) is 4.38. The minimum Gasteiger partial charge on any atom is -0.326 e. The van der Waals surface area contributed by atoms with Crippen LogP contribution < -0.4 is 11.1 Å². The minimum atomic E-state index is 0.0717. The van der Waals surface area contributed by atoms with Crippen LogP contribution in [0.15, 0.2) is 36.4 Å². The molecule has 1 amide bonds. The number of nitrogens with two attached hydrogens (primary N) is 1. The van der Waals surface area contributed by atoms with E-state index in [-0.39, 0.29) is 5.91 Å². The second-order valence-electron chi connectivity index (χ2n) is 4.38. The van der Waals surface area contributed by atoms with Crippen LogP contribution in [0.4, 0.5) is 5.69 Å². The molecule has 0 bridgehead atoms. The van der Waals surface area contributed by atoms with Gasteiger partial charge in [-0.25, -0.2) is 0 Å². The molecule has 1 aliphatic carbocycles. The Labute approximate surface area is 102 Å². The Bertz CT molecular complexity index is 426. The van der Waals surface area contributed by atoms with Gasteiger partial charge in [0.2, 0.25) is 5.91 Å². The Morgan fingerprint density at radius 1 is 1.41 bits per heavy atom. The van der Waals surface area contributed by atoms with Gasteiger partial charge >= 0.3 is 0 Å². The van der Waals surface area contributed by atoms with Crippen molar-refractivity contribution in [3.8, 4) is 0 Å². The minimum absolute atomic E-state index is 0.0717. The molecule has 0 aliphatic heterocycles.